The predicted octanol–water partition coefficient (Wildman–Crippen LogP) is 6.18. The standard InChI is InChI=1S/C29H25NO4/c1-18(19-8-4-3-5-9-19)30-29(32)23-11-7-6-10-22(23)28-24-14-12-20(31)16-26(24)34-27-17-21(33-2)13-15-25(27)28/h3-18,28,31H,1-2H3,(H,30,32)/t18?,28-/m0/s1. The van der Waals surface area contributed by atoms with Crippen molar-refractivity contribution in [2.45, 2.75) is 18.9 Å². The van der Waals surface area contributed by atoms with Gasteiger partial charge in [0, 0.05) is 34.7 Å². The fourth-order valence-electron chi connectivity index (χ4n) is 4.49. The van der Waals surface area contributed by atoms with E-state index in [1.54, 1.807) is 19.2 Å². The summed E-state index contributed by atoms with van der Waals surface area (Å²) in [5.74, 6) is 1.58. The summed E-state index contributed by atoms with van der Waals surface area (Å²) in [7, 11) is 1.61. The molecule has 34 heavy (non-hydrogen) atoms. The quantitative estimate of drug-likeness (QED) is 0.335. The van der Waals surface area contributed by atoms with Gasteiger partial charge in [0.15, 0.2) is 0 Å². The van der Waals surface area contributed by atoms with Gasteiger partial charge in [0.25, 0.3) is 5.91 Å². The van der Waals surface area contributed by atoms with Crippen molar-refractivity contribution in [3.8, 4) is 23.0 Å². The van der Waals surface area contributed by atoms with Gasteiger partial charge in [0.2, 0.25) is 0 Å². The maximum Gasteiger partial charge on any atom is 0.252 e. The second kappa shape index (κ2) is 8.94. The van der Waals surface area contributed by atoms with Crippen LogP contribution in [0.15, 0.2) is 91.0 Å². The Kier molecular flexibility index (Phi) is 5.68. The van der Waals surface area contributed by atoms with Gasteiger partial charge in [-0.25, -0.2) is 0 Å². The largest absolute Gasteiger partial charge is 0.508 e. The average molecular weight is 452 g/mol. The molecule has 1 unspecified atom stereocenters. The molecule has 4 aromatic rings. The fraction of sp³-hybridized carbons (Fsp3) is 0.138. The number of carbonyl (C=O) groups excluding carboxylic acids is 1. The Labute approximate surface area is 198 Å². The van der Waals surface area contributed by atoms with E-state index in [1.165, 1.54) is 0 Å². The molecule has 1 amide bonds. The summed E-state index contributed by atoms with van der Waals surface area (Å²) in [6, 6.07) is 28.2. The molecular weight excluding hydrogens is 426 g/mol. The summed E-state index contributed by atoms with van der Waals surface area (Å²) in [5.41, 5.74) is 4.31. The SMILES string of the molecule is COc1ccc2c(c1)Oc1cc(O)ccc1[C@@H]2c1ccccc1C(=O)NC(C)c1ccccc1. The van der Waals surface area contributed by atoms with Crippen LogP contribution in [0.25, 0.3) is 0 Å². The smallest absolute Gasteiger partial charge is 0.252 e. The van der Waals surface area contributed by atoms with Crippen molar-refractivity contribution in [1.82, 2.24) is 5.32 Å². The molecule has 0 aliphatic carbocycles. The van der Waals surface area contributed by atoms with E-state index in [2.05, 4.69) is 5.32 Å². The van der Waals surface area contributed by atoms with Gasteiger partial charge in [-0.1, -0.05) is 60.7 Å². The number of carbonyl (C=O) groups is 1. The van der Waals surface area contributed by atoms with Crippen LogP contribution in [0.2, 0.25) is 0 Å². The maximum atomic E-state index is 13.5. The molecule has 5 nitrogen and oxygen atoms in total. The van der Waals surface area contributed by atoms with E-state index < -0.39 is 0 Å². The van der Waals surface area contributed by atoms with Gasteiger partial charge in [0.1, 0.15) is 23.0 Å². The number of hydrogen-bond donors (Lipinski definition) is 2. The average Bonchev–Trinajstić information content (AvgIpc) is 2.87. The number of ether oxygens (including phenoxy) is 2. The molecule has 1 aliphatic rings. The summed E-state index contributed by atoms with van der Waals surface area (Å²) < 4.78 is 11.5. The molecule has 0 saturated heterocycles. The lowest BCUT2D eigenvalue weighted by atomic mass is 9.80. The van der Waals surface area contributed by atoms with Crippen molar-refractivity contribution < 1.29 is 19.4 Å². The van der Waals surface area contributed by atoms with Crippen LogP contribution in [0.1, 0.15) is 51.5 Å². The second-order valence-corrected chi connectivity index (χ2v) is 8.35. The molecule has 0 bridgehead atoms. The molecule has 4 aromatic carbocycles. The monoisotopic (exact) mass is 451 g/mol. The maximum absolute atomic E-state index is 13.5. The van der Waals surface area contributed by atoms with E-state index in [4.69, 9.17) is 9.47 Å². The van der Waals surface area contributed by atoms with Crippen LogP contribution in [-0.2, 0) is 0 Å². The van der Waals surface area contributed by atoms with Crippen LogP contribution in [0, 0.1) is 0 Å². The Morgan fingerprint density at radius 2 is 1.56 bits per heavy atom. The van der Waals surface area contributed by atoms with Gasteiger partial charge in [0.05, 0.1) is 13.2 Å². The number of hydrogen-bond acceptors (Lipinski definition) is 4. The van der Waals surface area contributed by atoms with Crippen LogP contribution < -0.4 is 14.8 Å². The molecule has 0 radical (unpaired) electrons. The van der Waals surface area contributed by atoms with Crippen molar-refractivity contribution in [3.05, 3.63) is 119 Å². The molecular formula is C29H25NO4. The van der Waals surface area contributed by atoms with E-state index in [9.17, 15) is 9.90 Å². The zero-order valence-electron chi connectivity index (χ0n) is 19.0. The van der Waals surface area contributed by atoms with Crippen LogP contribution in [0.4, 0.5) is 0 Å². The van der Waals surface area contributed by atoms with E-state index in [-0.39, 0.29) is 23.6 Å². The lowest BCUT2D eigenvalue weighted by molar-refractivity contribution is 0.0938. The Hall–Kier alpha value is -4.25. The highest BCUT2D eigenvalue weighted by molar-refractivity contribution is 5.96. The summed E-state index contributed by atoms with van der Waals surface area (Å²) in [4.78, 5) is 13.5. The van der Waals surface area contributed by atoms with Crippen molar-refractivity contribution in [2.75, 3.05) is 7.11 Å². The lowest BCUT2D eigenvalue weighted by Crippen LogP contribution is -2.28. The Bertz CT molecular complexity index is 1350. The summed E-state index contributed by atoms with van der Waals surface area (Å²) in [6.45, 7) is 1.98. The molecule has 0 spiro atoms. The van der Waals surface area contributed by atoms with Gasteiger partial charge < -0.3 is 19.9 Å². The molecule has 5 rings (SSSR count). The summed E-state index contributed by atoms with van der Waals surface area (Å²) in [5, 5.41) is 13.2. The van der Waals surface area contributed by atoms with Gasteiger partial charge in [-0.05, 0) is 36.2 Å². The highest BCUT2D eigenvalue weighted by Crippen LogP contribution is 2.49. The summed E-state index contributed by atoms with van der Waals surface area (Å²) in [6.07, 6.45) is 0. The third-order valence-corrected chi connectivity index (χ3v) is 6.22. The first kappa shape index (κ1) is 21.6. The molecule has 170 valence electrons. The molecule has 5 heteroatoms. The lowest BCUT2D eigenvalue weighted by Gasteiger charge is -2.30. The molecule has 0 saturated carbocycles. The zero-order valence-corrected chi connectivity index (χ0v) is 19.0. The topological polar surface area (TPSA) is 67.8 Å². The van der Waals surface area contributed by atoms with Crippen LogP contribution in [0.5, 0.6) is 23.0 Å². The van der Waals surface area contributed by atoms with Crippen LogP contribution >= 0.6 is 0 Å². The van der Waals surface area contributed by atoms with Crippen molar-refractivity contribution >= 4 is 5.91 Å². The minimum atomic E-state index is -0.251. The molecule has 1 aliphatic heterocycles. The zero-order chi connectivity index (χ0) is 23.7. The van der Waals surface area contributed by atoms with Gasteiger partial charge in [-0.15, -0.1) is 0 Å². The van der Waals surface area contributed by atoms with Crippen LogP contribution in [0.3, 0.4) is 0 Å². The first-order valence-electron chi connectivity index (χ1n) is 11.2. The van der Waals surface area contributed by atoms with E-state index in [0.717, 1.165) is 22.3 Å². The first-order valence-corrected chi connectivity index (χ1v) is 11.2. The minimum absolute atomic E-state index is 0.117. The van der Waals surface area contributed by atoms with Crippen molar-refractivity contribution in [3.63, 3.8) is 0 Å². The molecule has 0 aromatic heterocycles. The number of phenolic OH excluding ortho intramolecular Hbond substituents is 1. The third kappa shape index (κ3) is 3.97. The van der Waals surface area contributed by atoms with Crippen molar-refractivity contribution in [1.29, 1.82) is 0 Å². The number of methoxy groups -OCH3 is 1. The number of fused-ring (bicyclic) bond motifs is 2. The van der Waals surface area contributed by atoms with Gasteiger partial charge in [-0.3, -0.25) is 4.79 Å². The van der Waals surface area contributed by atoms with Gasteiger partial charge >= 0.3 is 0 Å². The fourth-order valence-corrected chi connectivity index (χ4v) is 4.49. The normalized spacial score (nSPS) is 14.8. The molecule has 2 atom stereocenters. The van der Waals surface area contributed by atoms with Gasteiger partial charge in [-0.2, -0.15) is 0 Å². The Morgan fingerprint density at radius 3 is 2.32 bits per heavy atom. The highest BCUT2D eigenvalue weighted by atomic mass is 16.5. The predicted molar refractivity (Wildman–Crippen MR) is 131 cm³/mol. The highest BCUT2D eigenvalue weighted by Gasteiger charge is 2.32. The van der Waals surface area contributed by atoms with Crippen molar-refractivity contribution in [2.24, 2.45) is 0 Å². The van der Waals surface area contributed by atoms with E-state index >= 15 is 0 Å². The number of phenols is 1. The second-order valence-electron chi connectivity index (χ2n) is 8.35. The van der Waals surface area contributed by atoms with E-state index in [0.29, 0.717) is 22.8 Å². The number of rotatable bonds is 5. The number of aromatic hydroxyl groups is 1. The molecule has 2 N–H and O–H groups in total. The molecule has 0 fully saturated rings. The number of nitrogens with one attached hydrogen (secondary N) is 1. The summed E-state index contributed by atoms with van der Waals surface area (Å²) >= 11 is 0. The Balaban J connectivity index is 1.59. The molecule has 1 heterocycles. The third-order valence-electron chi connectivity index (χ3n) is 6.22. The first-order chi connectivity index (χ1) is 16.5. The number of benzene rings is 4. The minimum Gasteiger partial charge on any atom is -0.508 e. The number of amides is 1. The Morgan fingerprint density at radius 1 is 0.882 bits per heavy atom. The van der Waals surface area contributed by atoms with E-state index in [1.807, 2.05) is 85.8 Å². The van der Waals surface area contributed by atoms with Crippen LogP contribution in [-0.4, -0.2) is 18.1 Å².